The van der Waals surface area contributed by atoms with Gasteiger partial charge in [0, 0.05) is 19.3 Å². The van der Waals surface area contributed by atoms with Gasteiger partial charge in [-0.3, -0.25) is 9.59 Å². The number of hydrogen-bond donors (Lipinski definition) is 0. The number of aromatic nitrogens is 1. The molecule has 2 aliphatic rings. The Hall–Kier alpha value is -1.09. The van der Waals surface area contributed by atoms with Gasteiger partial charge in [0.2, 0.25) is 5.43 Å². The van der Waals surface area contributed by atoms with E-state index in [2.05, 4.69) is 0 Å². The van der Waals surface area contributed by atoms with Crippen molar-refractivity contribution < 1.29 is 14.3 Å². The van der Waals surface area contributed by atoms with Crippen LogP contribution >= 0.6 is 22.6 Å². The second kappa shape index (κ2) is 5.28. The van der Waals surface area contributed by atoms with Crippen LogP contribution in [0.3, 0.4) is 0 Å². The quantitative estimate of drug-likeness (QED) is 0.715. The highest BCUT2D eigenvalue weighted by atomic mass is 127. The molecule has 0 saturated heterocycles. The molecule has 114 valence electrons. The summed E-state index contributed by atoms with van der Waals surface area (Å²) in [6.45, 7) is 2.44. The molecule has 0 N–H and O–H groups in total. The lowest BCUT2D eigenvalue weighted by atomic mass is 10.1. The largest absolute Gasteiger partial charge is 0.491 e. The van der Waals surface area contributed by atoms with Crippen molar-refractivity contribution in [3.63, 3.8) is 0 Å². The van der Waals surface area contributed by atoms with Crippen LogP contribution in [0.15, 0.2) is 4.79 Å². The second-order valence-electron chi connectivity index (χ2n) is 5.17. The van der Waals surface area contributed by atoms with Crippen molar-refractivity contribution in [3.05, 3.63) is 25.2 Å². The van der Waals surface area contributed by atoms with Crippen LogP contribution in [0, 0.1) is 3.57 Å². The van der Waals surface area contributed by atoms with Gasteiger partial charge in [0.1, 0.15) is 0 Å². The minimum atomic E-state index is -0.292. The fourth-order valence-corrected chi connectivity index (χ4v) is 4.20. The van der Waals surface area contributed by atoms with Crippen molar-refractivity contribution in [1.29, 1.82) is 0 Å². The van der Waals surface area contributed by atoms with Gasteiger partial charge in [-0.15, -0.1) is 0 Å². The van der Waals surface area contributed by atoms with E-state index >= 15 is 0 Å². The van der Waals surface area contributed by atoms with Crippen LogP contribution < -0.4 is 10.2 Å². The molecule has 21 heavy (non-hydrogen) atoms. The Morgan fingerprint density at radius 1 is 1.33 bits per heavy atom. The summed E-state index contributed by atoms with van der Waals surface area (Å²) < 4.78 is 13.4. The molecular formula is C14H17IN2O4. The number of ether oxygens (including phenoxy) is 2. The topological polar surface area (TPSA) is 60.8 Å². The van der Waals surface area contributed by atoms with Crippen molar-refractivity contribution in [2.45, 2.75) is 32.0 Å². The minimum Gasteiger partial charge on any atom is -0.491 e. The summed E-state index contributed by atoms with van der Waals surface area (Å²) >= 11 is 2.05. The summed E-state index contributed by atoms with van der Waals surface area (Å²) in [7, 11) is 3.06. The van der Waals surface area contributed by atoms with Crippen molar-refractivity contribution >= 4 is 28.5 Å². The van der Waals surface area contributed by atoms with Crippen LogP contribution in [-0.2, 0) is 11.2 Å². The van der Waals surface area contributed by atoms with Crippen molar-refractivity contribution in [2.24, 2.45) is 0 Å². The normalized spacial score (nSPS) is 23.4. The molecule has 1 amide bonds. The molecule has 1 unspecified atom stereocenters. The minimum absolute atomic E-state index is 0.0423. The maximum atomic E-state index is 12.8. The molecule has 7 heteroatoms. The van der Waals surface area contributed by atoms with Crippen LogP contribution in [0.5, 0.6) is 5.75 Å². The van der Waals surface area contributed by atoms with Crippen LogP contribution in [0.2, 0.25) is 0 Å². The Kier molecular flexibility index (Phi) is 3.73. The van der Waals surface area contributed by atoms with E-state index in [0.717, 1.165) is 18.5 Å². The van der Waals surface area contributed by atoms with Crippen molar-refractivity contribution in [3.8, 4) is 5.75 Å². The monoisotopic (exact) mass is 404 g/mol. The van der Waals surface area contributed by atoms with E-state index in [0.29, 0.717) is 15.8 Å². The van der Waals surface area contributed by atoms with Gasteiger partial charge in [0.05, 0.1) is 16.7 Å². The van der Waals surface area contributed by atoms with Crippen LogP contribution in [0.25, 0.3) is 0 Å². The van der Waals surface area contributed by atoms with E-state index in [4.69, 9.17) is 9.47 Å². The lowest BCUT2D eigenvalue weighted by Gasteiger charge is -2.40. The number of halogens is 1. The fourth-order valence-electron chi connectivity index (χ4n) is 3.43. The summed E-state index contributed by atoms with van der Waals surface area (Å²) in [5.41, 5.74) is 1.10. The van der Waals surface area contributed by atoms with Gasteiger partial charge in [-0.1, -0.05) is 0 Å². The number of amides is 1. The third kappa shape index (κ3) is 1.86. The zero-order valence-electron chi connectivity index (χ0n) is 12.2. The number of rotatable bonds is 3. The predicted molar refractivity (Wildman–Crippen MR) is 84.8 cm³/mol. The summed E-state index contributed by atoms with van der Waals surface area (Å²) in [6.07, 6.45) is 1.34. The Morgan fingerprint density at radius 2 is 2.05 bits per heavy atom. The van der Waals surface area contributed by atoms with E-state index in [1.807, 2.05) is 34.1 Å². The molecule has 3 heterocycles. The third-order valence-electron chi connectivity index (χ3n) is 4.30. The van der Waals surface area contributed by atoms with E-state index in [1.165, 1.54) is 7.11 Å². The Morgan fingerprint density at radius 3 is 2.62 bits per heavy atom. The number of nitrogens with zero attached hydrogens (tertiary/aromatic N) is 2. The number of carbonyl (C=O) groups is 1. The maximum absolute atomic E-state index is 12.8. The SMILES string of the molecule is CCN1C(=O)c2c(OC)c(=O)c(I)c3n2[C@@H](CC3)C1OC. The summed E-state index contributed by atoms with van der Waals surface area (Å²) in [5, 5.41) is 0. The number of likely N-dealkylation sites (N-methyl/N-ethyl adjacent to an activating group) is 1. The first kappa shape index (κ1) is 14.8. The zero-order chi connectivity index (χ0) is 15.3. The van der Waals surface area contributed by atoms with Gasteiger partial charge in [-0.25, -0.2) is 0 Å². The Balaban J connectivity index is 2.35. The van der Waals surface area contributed by atoms with Gasteiger partial charge in [0.15, 0.2) is 17.7 Å². The lowest BCUT2D eigenvalue weighted by Crippen LogP contribution is -2.51. The number of pyridine rings is 1. The number of carbonyl (C=O) groups excluding carboxylic acids is 1. The first-order valence-electron chi connectivity index (χ1n) is 6.91. The molecule has 0 bridgehead atoms. The molecule has 1 aromatic heterocycles. The fraction of sp³-hybridized carbons (Fsp3) is 0.571. The third-order valence-corrected chi connectivity index (χ3v) is 5.41. The molecular weight excluding hydrogens is 387 g/mol. The van der Waals surface area contributed by atoms with Crippen molar-refractivity contribution in [1.82, 2.24) is 9.47 Å². The molecule has 1 aromatic rings. The molecule has 0 aromatic carbocycles. The standard InChI is InChI=1S/C14H17IN2O4/c1-4-16-13(19)10-12(20-2)11(18)9(15)7-5-6-8(17(7)10)14(16)21-3/h8,14H,4-6H2,1-3H3/t8-,14?/m0/s1. The zero-order valence-corrected chi connectivity index (χ0v) is 14.3. The second-order valence-corrected chi connectivity index (χ2v) is 6.24. The maximum Gasteiger partial charge on any atom is 0.276 e. The Labute approximate surface area is 136 Å². The molecule has 3 rings (SSSR count). The highest BCUT2D eigenvalue weighted by Crippen LogP contribution is 2.40. The predicted octanol–water partition coefficient (Wildman–Crippen LogP) is 1.40. The van der Waals surface area contributed by atoms with Gasteiger partial charge in [-0.05, 0) is 42.4 Å². The van der Waals surface area contributed by atoms with Gasteiger partial charge >= 0.3 is 0 Å². The average molecular weight is 404 g/mol. The van der Waals surface area contributed by atoms with E-state index in [9.17, 15) is 9.59 Å². The highest BCUT2D eigenvalue weighted by molar-refractivity contribution is 14.1. The molecule has 0 aliphatic carbocycles. The summed E-state index contributed by atoms with van der Waals surface area (Å²) in [4.78, 5) is 26.9. The van der Waals surface area contributed by atoms with Crippen LogP contribution in [0.4, 0.5) is 0 Å². The molecule has 0 fully saturated rings. The number of hydrogen-bond acceptors (Lipinski definition) is 4. The van der Waals surface area contributed by atoms with Gasteiger partial charge in [0.25, 0.3) is 5.91 Å². The van der Waals surface area contributed by atoms with E-state index in [-0.39, 0.29) is 29.4 Å². The van der Waals surface area contributed by atoms with Crippen LogP contribution in [-0.4, -0.2) is 42.4 Å². The molecule has 0 saturated carbocycles. The molecule has 0 spiro atoms. The van der Waals surface area contributed by atoms with E-state index in [1.54, 1.807) is 12.0 Å². The van der Waals surface area contributed by atoms with Gasteiger partial charge in [-0.2, -0.15) is 0 Å². The number of methoxy groups -OCH3 is 2. The Bertz CT molecular complexity index is 670. The average Bonchev–Trinajstić information content (AvgIpc) is 2.91. The first-order chi connectivity index (χ1) is 10.1. The first-order valence-corrected chi connectivity index (χ1v) is 7.99. The molecule has 6 nitrogen and oxygen atoms in total. The lowest BCUT2D eigenvalue weighted by molar-refractivity contribution is -0.0573. The molecule has 2 atom stereocenters. The smallest absolute Gasteiger partial charge is 0.276 e. The van der Waals surface area contributed by atoms with Gasteiger partial charge < -0.3 is 18.9 Å². The summed E-state index contributed by atoms with van der Waals surface area (Å²) in [6, 6.07) is 0.0423. The molecule has 2 aliphatic heterocycles. The summed E-state index contributed by atoms with van der Waals surface area (Å²) in [5.74, 6) is -0.0536. The van der Waals surface area contributed by atoms with Crippen LogP contribution in [0.1, 0.15) is 35.6 Å². The van der Waals surface area contributed by atoms with E-state index < -0.39 is 0 Å². The highest BCUT2D eigenvalue weighted by Gasteiger charge is 2.45. The molecule has 0 radical (unpaired) electrons. The van der Waals surface area contributed by atoms with Crippen molar-refractivity contribution in [2.75, 3.05) is 20.8 Å².